The summed E-state index contributed by atoms with van der Waals surface area (Å²) in [6.45, 7) is 5.99. The molecule has 1 amide bonds. The van der Waals surface area contributed by atoms with E-state index < -0.39 is 10.0 Å². The predicted octanol–water partition coefficient (Wildman–Crippen LogP) is 1.74. The highest BCUT2D eigenvalue weighted by Gasteiger charge is 2.41. The quantitative estimate of drug-likeness (QED) is 0.778. The van der Waals surface area contributed by atoms with Crippen molar-refractivity contribution >= 4 is 15.9 Å². The molecule has 5 nitrogen and oxygen atoms in total. The zero-order chi connectivity index (χ0) is 15.5. The van der Waals surface area contributed by atoms with Crippen LogP contribution in [-0.2, 0) is 14.8 Å². The van der Waals surface area contributed by atoms with E-state index in [0.717, 1.165) is 38.5 Å². The van der Waals surface area contributed by atoms with Gasteiger partial charge in [0.15, 0.2) is 0 Å². The topological polar surface area (TPSA) is 66.5 Å². The molecular formula is C15H28N2O3S. The average Bonchev–Trinajstić information content (AvgIpc) is 3.32. The van der Waals surface area contributed by atoms with E-state index in [2.05, 4.69) is 5.32 Å². The lowest BCUT2D eigenvalue weighted by atomic mass is 9.97. The van der Waals surface area contributed by atoms with Crippen LogP contribution in [0.15, 0.2) is 0 Å². The van der Waals surface area contributed by atoms with Crippen molar-refractivity contribution in [2.24, 2.45) is 11.8 Å². The molecule has 0 aromatic heterocycles. The van der Waals surface area contributed by atoms with Crippen LogP contribution in [0.4, 0.5) is 0 Å². The Morgan fingerprint density at radius 3 is 2.19 bits per heavy atom. The van der Waals surface area contributed by atoms with E-state index >= 15 is 0 Å². The van der Waals surface area contributed by atoms with E-state index in [-0.39, 0.29) is 17.1 Å². The van der Waals surface area contributed by atoms with Gasteiger partial charge in [-0.15, -0.1) is 0 Å². The smallest absolute Gasteiger partial charge is 0.223 e. The first-order valence-corrected chi connectivity index (χ1v) is 9.76. The van der Waals surface area contributed by atoms with Crippen LogP contribution in [0, 0.1) is 11.8 Å². The number of hydrogen-bond donors (Lipinski definition) is 1. The summed E-state index contributed by atoms with van der Waals surface area (Å²) in [5.41, 5.74) is 0. The minimum absolute atomic E-state index is 0.108. The second-order valence-electron chi connectivity index (χ2n) is 6.35. The Balaban J connectivity index is 1.73. The van der Waals surface area contributed by atoms with Gasteiger partial charge in [-0.3, -0.25) is 4.79 Å². The van der Waals surface area contributed by atoms with Crippen LogP contribution < -0.4 is 5.32 Å². The number of sulfonamides is 1. The maximum atomic E-state index is 12.1. The van der Waals surface area contributed by atoms with Crippen molar-refractivity contribution in [3.63, 3.8) is 0 Å². The van der Waals surface area contributed by atoms with Gasteiger partial charge in [-0.1, -0.05) is 13.8 Å². The van der Waals surface area contributed by atoms with Crippen molar-refractivity contribution in [2.75, 3.05) is 19.6 Å². The van der Waals surface area contributed by atoms with E-state index in [9.17, 15) is 13.2 Å². The fourth-order valence-electron chi connectivity index (χ4n) is 2.99. The lowest BCUT2D eigenvalue weighted by molar-refractivity contribution is -0.125. The van der Waals surface area contributed by atoms with Crippen LogP contribution in [-0.4, -0.2) is 43.5 Å². The maximum absolute atomic E-state index is 12.1. The molecule has 0 radical (unpaired) electrons. The third-order valence-electron chi connectivity index (χ3n) is 4.80. The molecule has 1 heterocycles. The van der Waals surface area contributed by atoms with Crippen molar-refractivity contribution in [1.29, 1.82) is 0 Å². The SMILES string of the molecule is CCC(CC)C(=O)NCC1CCN(S(=O)(=O)C2CC2)CC1. The van der Waals surface area contributed by atoms with Crippen LogP contribution in [0.2, 0.25) is 0 Å². The van der Waals surface area contributed by atoms with Crippen LogP contribution in [0.1, 0.15) is 52.4 Å². The van der Waals surface area contributed by atoms with E-state index in [4.69, 9.17) is 0 Å². The fraction of sp³-hybridized carbons (Fsp3) is 0.933. The molecule has 0 spiro atoms. The monoisotopic (exact) mass is 316 g/mol. The summed E-state index contributed by atoms with van der Waals surface area (Å²) in [6.07, 6.45) is 5.12. The van der Waals surface area contributed by atoms with Crippen LogP contribution in [0.25, 0.3) is 0 Å². The third kappa shape index (κ3) is 4.19. The standard InChI is InChI=1S/C15H28N2O3S/c1-3-13(4-2)15(18)16-11-12-7-9-17(10-8-12)21(19,20)14-5-6-14/h12-14H,3-11H2,1-2H3,(H,16,18). The number of rotatable bonds is 7. The molecule has 2 fully saturated rings. The first kappa shape index (κ1) is 16.7. The number of amides is 1. The van der Waals surface area contributed by atoms with Gasteiger partial charge in [0.05, 0.1) is 5.25 Å². The fourth-order valence-corrected chi connectivity index (χ4v) is 4.87. The summed E-state index contributed by atoms with van der Waals surface area (Å²) >= 11 is 0. The summed E-state index contributed by atoms with van der Waals surface area (Å²) in [6, 6.07) is 0. The van der Waals surface area contributed by atoms with Gasteiger partial charge >= 0.3 is 0 Å². The van der Waals surface area contributed by atoms with Gasteiger partial charge in [0.25, 0.3) is 0 Å². The molecule has 0 aromatic rings. The number of hydrogen-bond acceptors (Lipinski definition) is 3. The van der Waals surface area contributed by atoms with E-state index in [1.54, 1.807) is 4.31 Å². The summed E-state index contributed by atoms with van der Waals surface area (Å²) in [5, 5.41) is 2.93. The number of nitrogens with one attached hydrogen (secondary N) is 1. The van der Waals surface area contributed by atoms with Crippen molar-refractivity contribution in [3.05, 3.63) is 0 Å². The van der Waals surface area contributed by atoms with Crippen LogP contribution in [0.3, 0.4) is 0 Å². The molecule has 1 aliphatic carbocycles. The molecule has 1 N–H and O–H groups in total. The Kier molecular flexibility index (Phi) is 5.66. The van der Waals surface area contributed by atoms with Gasteiger partial charge in [-0.2, -0.15) is 0 Å². The summed E-state index contributed by atoms with van der Waals surface area (Å²) in [4.78, 5) is 12.0. The highest BCUT2D eigenvalue weighted by Crippen LogP contribution is 2.33. The van der Waals surface area contributed by atoms with Crippen LogP contribution >= 0.6 is 0 Å². The summed E-state index contributed by atoms with van der Waals surface area (Å²) < 4.78 is 25.9. The molecular weight excluding hydrogens is 288 g/mol. The molecule has 1 saturated carbocycles. The molecule has 1 aliphatic heterocycles. The largest absolute Gasteiger partial charge is 0.356 e. The van der Waals surface area contributed by atoms with Crippen molar-refractivity contribution in [2.45, 2.75) is 57.6 Å². The van der Waals surface area contributed by atoms with Crippen molar-refractivity contribution < 1.29 is 13.2 Å². The molecule has 0 aromatic carbocycles. The Bertz CT molecular complexity index is 448. The molecule has 122 valence electrons. The van der Waals surface area contributed by atoms with Crippen molar-refractivity contribution in [1.82, 2.24) is 9.62 Å². The summed E-state index contributed by atoms with van der Waals surface area (Å²) in [7, 11) is -3.02. The Morgan fingerprint density at radius 1 is 1.14 bits per heavy atom. The molecule has 0 atom stereocenters. The molecule has 6 heteroatoms. The molecule has 1 saturated heterocycles. The number of nitrogens with zero attached hydrogens (tertiary/aromatic N) is 1. The third-order valence-corrected chi connectivity index (χ3v) is 7.20. The van der Waals surface area contributed by atoms with E-state index in [1.165, 1.54) is 0 Å². The second kappa shape index (κ2) is 7.09. The molecule has 2 aliphatic rings. The number of carbonyl (C=O) groups excluding carboxylic acids is 1. The van der Waals surface area contributed by atoms with Crippen molar-refractivity contribution in [3.8, 4) is 0 Å². The molecule has 0 bridgehead atoms. The normalized spacial score (nSPS) is 21.7. The highest BCUT2D eigenvalue weighted by atomic mass is 32.2. The van der Waals surface area contributed by atoms with Gasteiger partial charge < -0.3 is 5.32 Å². The van der Waals surface area contributed by atoms with E-state index in [1.807, 2.05) is 13.8 Å². The zero-order valence-corrected chi connectivity index (χ0v) is 14.0. The highest BCUT2D eigenvalue weighted by molar-refractivity contribution is 7.90. The van der Waals surface area contributed by atoms with Gasteiger partial charge in [0, 0.05) is 25.6 Å². The minimum Gasteiger partial charge on any atom is -0.356 e. The predicted molar refractivity (Wildman–Crippen MR) is 83.3 cm³/mol. The molecule has 2 rings (SSSR count). The lowest BCUT2D eigenvalue weighted by Crippen LogP contribution is -2.43. The second-order valence-corrected chi connectivity index (χ2v) is 8.56. The molecule has 21 heavy (non-hydrogen) atoms. The summed E-state index contributed by atoms with van der Waals surface area (Å²) in [5.74, 6) is 0.669. The Morgan fingerprint density at radius 2 is 1.71 bits per heavy atom. The Hall–Kier alpha value is -0.620. The van der Waals surface area contributed by atoms with Gasteiger partial charge in [-0.05, 0) is 44.4 Å². The number of piperidine rings is 1. The Labute approximate surface area is 128 Å². The van der Waals surface area contributed by atoms with Gasteiger partial charge in [0.1, 0.15) is 0 Å². The first-order valence-electron chi connectivity index (χ1n) is 8.25. The van der Waals surface area contributed by atoms with Gasteiger partial charge in [0.2, 0.25) is 15.9 Å². The number of carbonyl (C=O) groups is 1. The van der Waals surface area contributed by atoms with Crippen LogP contribution in [0.5, 0.6) is 0 Å². The van der Waals surface area contributed by atoms with Gasteiger partial charge in [-0.25, -0.2) is 12.7 Å². The zero-order valence-electron chi connectivity index (χ0n) is 13.2. The maximum Gasteiger partial charge on any atom is 0.223 e. The molecule has 0 unspecified atom stereocenters. The lowest BCUT2D eigenvalue weighted by Gasteiger charge is -2.31. The van der Waals surface area contributed by atoms with E-state index in [0.29, 0.717) is 25.6 Å². The minimum atomic E-state index is -3.02. The first-order chi connectivity index (χ1) is 9.98. The average molecular weight is 316 g/mol.